The zero-order chi connectivity index (χ0) is 20.4. The van der Waals surface area contributed by atoms with Crippen molar-refractivity contribution in [2.24, 2.45) is 0 Å². The molecule has 0 unspecified atom stereocenters. The zero-order valence-corrected chi connectivity index (χ0v) is 18.9. The molecule has 1 fully saturated rings. The first-order valence-corrected chi connectivity index (χ1v) is 10.5. The molecule has 0 atom stereocenters. The van der Waals surface area contributed by atoms with Gasteiger partial charge >= 0.3 is 5.97 Å². The summed E-state index contributed by atoms with van der Waals surface area (Å²) in [7, 11) is 0. The largest absolute Gasteiger partial charge is 0.478 e. The van der Waals surface area contributed by atoms with Crippen LogP contribution in [0.25, 0.3) is 0 Å². The summed E-state index contributed by atoms with van der Waals surface area (Å²) in [6.45, 7) is 5.32. The van der Waals surface area contributed by atoms with Gasteiger partial charge in [0.1, 0.15) is 0 Å². The number of hydrogen-bond acceptors (Lipinski definition) is 3. The van der Waals surface area contributed by atoms with Gasteiger partial charge in [-0.25, -0.2) is 4.79 Å². The molecule has 1 saturated heterocycles. The second kappa shape index (κ2) is 8.86. The molecule has 0 aromatic heterocycles. The molecular formula is C19H18BrCl2N3O2S. The van der Waals surface area contributed by atoms with Gasteiger partial charge < -0.3 is 20.2 Å². The summed E-state index contributed by atoms with van der Waals surface area (Å²) in [4.78, 5) is 15.5. The average molecular weight is 503 g/mol. The third-order valence-corrected chi connectivity index (χ3v) is 6.36. The van der Waals surface area contributed by atoms with E-state index >= 15 is 0 Å². The predicted octanol–water partition coefficient (Wildman–Crippen LogP) is 5.28. The van der Waals surface area contributed by atoms with Crippen molar-refractivity contribution in [2.75, 3.05) is 36.4 Å². The van der Waals surface area contributed by atoms with Gasteiger partial charge in [-0.3, -0.25) is 0 Å². The standard InChI is InChI=1S/C19H18BrCl2N3O2S/c1-11-10-12(20)2-5-15(11)24-6-8-25(9-7-24)19(28)23-14-4-3-13(18(26)27)16(21)17(14)22/h2-5,10H,6-9H2,1H3,(H,23,28)(H,26,27). The molecule has 1 aliphatic heterocycles. The van der Waals surface area contributed by atoms with E-state index in [0.29, 0.717) is 10.8 Å². The number of aryl methyl sites for hydroxylation is 1. The minimum atomic E-state index is -1.12. The number of aromatic carboxylic acids is 1. The van der Waals surface area contributed by atoms with Crippen LogP contribution in [-0.4, -0.2) is 47.3 Å². The number of hydrogen-bond donors (Lipinski definition) is 2. The molecule has 1 aliphatic rings. The fraction of sp³-hybridized carbons (Fsp3) is 0.263. The number of carbonyl (C=O) groups is 1. The third-order valence-electron chi connectivity index (χ3n) is 4.62. The van der Waals surface area contributed by atoms with Crippen LogP contribution in [0.3, 0.4) is 0 Å². The summed E-state index contributed by atoms with van der Waals surface area (Å²) in [6.07, 6.45) is 0. The maximum absolute atomic E-state index is 11.1. The molecule has 2 N–H and O–H groups in total. The topological polar surface area (TPSA) is 55.8 Å². The maximum atomic E-state index is 11.1. The van der Waals surface area contributed by atoms with E-state index in [9.17, 15) is 4.79 Å². The fourth-order valence-corrected chi connectivity index (χ4v) is 4.36. The van der Waals surface area contributed by atoms with E-state index in [0.717, 1.165) is 30.7 Å². The number of nitrogens with one attached hydrogen (secondary N) is 1. The number of carboxylic acids is 1. The van der Waals surface area contributed by atoms with Crippen molar-refractivity contribution in [3.05, 3.63) is 56.0 Å². The molecule has 148 valence electrons. The molecule has 0 spiro atoms. The minimum Gasteiger partial charge on any atom is -0.478 e. The van der Waals surface area contributed by atoms with Crippen LogP contribution < -0.4 is 10.2 Å². The van der Waals surface area contributed by atoms with Crippen molar-refractivity contribution in [1.82, 2.24) is 4.90 Å². The number of anilines is 2. The van der Waals surface area contributed by atoms with Crippen molar-refractivity contribution in [3.8, 4) is 0 Å². The van der Waals surface area contributed by atoms with Crippen molar-refractivity contribution in [2.45, 2.75) is 6.92 Å². The van der Waals surface area contributed by atoms with Gasteiger partial charge in [0, 0.05) is 36.3 Å². The molecule has 3 rings (SSSR count). The smallest absolute Gasteiger partial charge is 0.337 e. The predicted molar refractivity (Wildman–Crippen MR) is 122 cm³/mol. The molecule has 1 heterocycles. The molecule has 0 amide bonds. The zero-order valence-electron chi connectivity index (χ0n) is 15.0. The average Bonchev–Trinajstić information content (AvgIpc) is 2.65. The first-order valence-electron chi connectivity index (χ1n) is 8.56. The Bertz CT molecular complexity index is 934. The van der Waals surface area contributed by atoms with E-state index in [1.807, 2.05) is 6.07 Å². The Morgan fingerprint density at radius 3 is 2.43 bits per heavy atom. The van der Waals surface area contributed by atoms with Crippen LogP contribution in [0.15, 0.2) is 34.8 Å². The van der Waals surface area contributed by atoms with E-state index in [1.165, 1.54) is 17.3 Å². The summed E-state index contributed by atoms with van der Waals surface area (Å²) in [5, 5.41) is 12.9. The Labute approximate surface area is 187 Å². The highest BCUT2D eigenvalue weighted by Gasteiger charge is 2.22. The molecule has 9 heteroatoms. The van der Waals surface area contributed by atoms with Crippen molar-refractivity contribution < 1.29 is 9.90 Å². The third kappa shape index (κ3) is 4.54. The van der Waals surface area contributed by atoms with Gasteiger partial charge in [-0.1, -0.05) is 39.1 Å². The summed E-state index contributed by atoms with van der Waals surface area (Å²) >= 11 is 21.3. The molecule has 5 nitrogen and oxygen atoms in total. The summed E-state index contributed by atoms with van der Waals surface area (Å²) in [6, 6.07) is 9.27. The number of thiocarbonyl (C=S) groups is 1. The van der Waals surface area contributed by atoms with E-state index < -0.39 is 5.97 Å². The van der Waals surface area contributed by atoms with Gasteiger partial charge in [-0.05, 0) is 55.0 Å². The van der Waals surface area contributed by atoms with Crippen LogP contribution in [0, 0.1) is 6.92 Å². The Kier molecular flexibility index (Phi) is 6.70. The van der Waals surface area contributed by atoms with Gasteiger partial charge in [0.05, 0.1) is 21.3 Å². The van der Waals surface area contributed by atoms with Crippen LogP contribution in [0.2, 0.25) is 10.0 Å². The van der Waals surface area contributed by atoms with Gasteiger partial charge in [0.25, 0.3) is 0 Å². The van der Waals surface area contributed by atoms with Crippen molar-refractivity contribution in [3.63, 3.8) is 0 Å². The Hall–Kier alpha value is -1.54. The minimum absolute atomic E-state index is 0.00232. The summed E-state index contributed by atoms with van der Waals surface area (Å²) in [5.41, 5.74) is 2.90. The summed E-state index contributed by atoms with van der Waals surface area (Å²) in [5.74, 6) is -1.12. The first-order chi connectivity index (χ1) is 13.3. The normalized spacial score (nSPS) is 14.1. The van der Waals surface area contributed by atoms with E-state index in [2.05, 4.69) is 50.1 Å². The Morgan fingerprint density at radius 2 is 1.82 bits per heavy atom. The van der Waals surface area contributed by atoms with Crippen LogP contribution in [0.4, 0.5) is 11.4 Å². The molecule has 0 aliphatic carbocycles. The number of carboxylic acid groups (broad SMARTS) is 1. The monoisotopic (exact) mass is 501 g/mol. The Balaban J connectivity index is 1.64. The van der Waals surface area contributed by atoms with Gasteiger partial charge in [0.2, 0.25) is 0 Å². The molecule has 0 bridgehead atoms. The highest BCUT2D eigenvalue weighted by atomic mass is 79.9. The lowest BCUT2D eigenvalue weighted by atomic mass is 10.1. The van der Waals surface area contributed by atoms with Crippen molar-refractivity contribution >= 4 is 73.8 Å². The number of rotatable bonds is 3. The van der Waals surface area contributed by atoms with Crippen LogP contribution in [-0.2, 0) is 0 Å². The lowest BCUT2D eigenvalue weighted by Crippen LogP contribution is -2.50. The summed E-state index contributed by atoms with van der Waals surface area (Å²) < 4.78 is 1.07. The van der Waals surface area contributed by atoms with Gasteiger partial charge in [-0.15, -0.1) is 0 Å². The molecule has 2 aromatic rings. The maximum Gasteiger partial charge on any atom is 0.337 e. The molecule has 0 saturated carbocycles. The van der Waals surface area contributed by atoms with E-state index in [1.54, 1.807) is 6.07 Å². The van der Waals surface area contributed by atoms with Crippen LogP contribution >= 0.6 is 51.3 Å². The number of halogens is 3. The van der Waals surface area contributed by atoms with E-state index in [-0.39, 0.29) is 15.6 Å². The van der Waals surface area contributed by atoms with Crippen LogP contribution in [0.1, 0.15) is 15.9 Å². The lowest BCUT2D eigenvalue weighted by molar-refractivity contribution is 0.0697. The van der Waals surface area contributed by atoms with Crippen LogP contribution in [0.5, 0.6) is 0 Å². The molecule has 28 heavy (non-hydrogen) atoms. The van der Waals surface area contributed by atoms with Gasteiger partial charge in [0.15, 0.2) is 5.11 Å². The van der Waals surface area contributed by atoms with Crippen molar-refractivity contribution in [1.29, 1.82) is 0 Å². The molecule has 2 aromatic carbocycles. The SMILES string of the molecule is Cc1cc(Br)ccc1N1CCN(C(=S)Nc2ccc(C(=O)O)c(Cl)c2Cl)CC1. The number of benzene rings is 2. The second-order valence-corrected chi connectivity index (χ2v) is 8.49. The Morgan fingerprint density at radius 1 is 1.14 bits per heavy atom. The molecular weight excluding hydrogens is 485 g/mol. The number of nitrogens with zero attached hydrogens (tertiary/aromatic N) is 2. The first kappa shape index (κ1) is 21.2. The quantitative estimate of drug-likeness (QED) is 0.557. The second-order valence-electron chi connectivity index (χ2n) is 6.43. The molecule has 0 radical (unpaired) electrons. The highest BCUT2D eigenvalue weighted by Crippen LogP contribution is 2.33. The fourth-order valence-electron chi connectivity index (χ4n) is 3.13. The van der Waals surface area contributed by atoms with Gasteiger partial charge in [-0.2, -0.15) is 0 Å². The highest BCUT2D eigenvalue weighted by molar-refractivity contribution is 9.10. The number of piperazine rings is 1. The lowest BCUT2D eigenvalue weighted by Gasteiger charge is -2.38. The van der Waals surface area contributed by atoms with E-state index in [4.69, 9.17) is 40.5 Å².